The zero-order valence-corrected chi connectivity index (χ0v) is 13.1. The SMILES string of the molecule is Cc1ccccc1C(CC(=O)NCc1ccccc1)NC(N)=O. The van der Waals surface area contributed by atoms with Crippen LogP contribution in [-0.4, -0.2) is 11.9 Å². The minimum Gasteiger partial charge on any atom is -0.352 e. The molecule has 2 aromatic rings. The van der Waals surface area contributed by atoms with Crippen molar-refractivity contribution < 1.29 is 9.59 Å². The van der Waals surface area contributed by atoms with E-state index >= 15 is 0 Å². The summed E-state index contributed by atoms with van der Waals surface area (Å²) >= 11 is 0. The van der Waals surface area contributed by atoms with Gasteiger partial charge in [-0.1, -0.05) is 54.6 Å². The maximum Gasteiger partial charge on any atom is 0.312 e. The van der Waals surface area contributed by atoms with E-state index in [-0.39, 0.29) is 12.3 Å². The number of hydrogen-bond acceptors (Lipinski definition) is 2. The summed E-state index contributed by atoms with van der Waals surface area (Å²) in [7, 11) is 0. The van der Waals surface area contributed by atoms with Gasteiger partial charge in [0.2, 0.25) is 5.91 Å². The molecule has 0 spiro atoms. The van der Waals surface area contributed by atoms with Gasteiger partial charge in [-0.15, -0.1) is 0 Å². The normalized spacial score (nSPS) is 11.5. The number of urea groups is 1. The molecule has 0 fully saturated rings. The molecular formula is C18H21N3O2. The highest BCUT2D eigenvalue weighted by Gasteiger charge is 2.18. The Morgan fingerprint density at radius 1 is 1.04 bits per heavy atom. The number of carbonyl (C=O) groups excluding carboxylic acids is 2. The lowest BCUT2D eigenvalue weighted by Gasteiger charge is -2.19. The van der Waals surface area contributed by atoms with Crippen molar-refractivity contribution in [3.8, 4) is 0 Å². The van der Waals surface area contributed by atoms with Gasteiger partial charge in [-0.2, -0.15) is 0 Å². The lowest BCUT2D eigenvalue weighted by molar-refractivity contribution is -0.121. The van der Waals surface area contributed by atoms with Crippen molar-refractivity contribution >= 4 is 11.9 Å². The smallest absolute Gasteiger partial charge is 0.312 e. The molecule has 2 aromatic carbocycles. The van der Waals surface area contributed by atoms with E-state index in [1.54, 1.807) is 0 Å². The second-order valence-corrected chi connectivity index (χ2v) is 5.38. The highest BCUT2D eigenvalue weighted by atomic mass is 16.2. The van der Waals surface area contributed by atoms with Crippen LogP contribution in [-0.2, 0) is 11.3 Å². The summed E-state index contributed by atoms with van der Waals surface area (Å²) in [5.74, 6) is -0.143. The van der Waals surface area contributed by atoms with E-state index in [2.05, 4.69) is 10.6 Å². The van der Waals surface area contributed by atoms with Crippen LogP contribution in [0.3, 0.4) is 0 Å². The van der Waals surface area contributed by atoms with Gasteiger partial charge in [0.05, 0.1) is 12.5 Å². The van der Waals surface area contributed by atoms with E-state index < -0.39 is 12.1 Å². The summed E-state index contributed by atoms with van der Waals surface area (Å²) in [5.41, 5.74) is 8.16. The first kappa shape index (κ1) is 16.5. The number of hydrogen-bond donors (Lipinski definition) is 3. The van der Waals surface area contributed by atoms with Crippen LogP contribution < -0.4 is 16.4 Å². The largest absolute Gasteiger partial charge is 0.352 e. The van der Waals surface area contributed by atoms with Crippen LogP contribution in [0.4, 0.5) is 4.79 Å². The number of nitrogens with one attached hydrogen (secondary N) is 2. The third-order valence-electron chi connectivity index (χ3n) is 3.60. The Morgan fingerprint density at radius 3 is 2.35 bits per heavy atom. The lowest BCUT2D eigenvalue weighted by Crippen LogP contribution is -2.36. The van der Waals surface area contributed by atoms with Crippen molar-refractivity contribution in [1.29, 1.82) is 0 Å². The minimum absolute atomic E-state index is 0.140. The monoisotopic (exact) mass is 311 g/mol. The van der Waals surface area contributed by atoms with Gasteiger partial charge in [0, 0.05) is 6.54 Å². The molecule has 1 unspecified atom stereocenters. The van der Waals surface area contributed by atoms with Crippen molar-refractivity contribution in [3.63, 3.8) is 0 Å². The third kappa shape index (κ3) is 5.14. The Balaban J connectivity index is 2.01. The highest BCUT2D eigenvalue weighted by Crippen LogP contribution is 2.20. The number of carbonyl (C=O) groups is 2. The first-order chi connectivity index (χ1) is 11.1. The van der Waals surface area contributed by atoms with E-state index in [0.717, 1.165) is 16.7 Å². The summed E-state index contributed by atoms with van der Waals surface area (Å²) in [6.45, 7) is 2.39. The molecule has 0 saturated heterocycles. The molecule has 0 aliphatic rings. The molecule has 1 atom stereocenters. The van der Waals surface area contributed by atoms with Crippen LogP contribution in [0, 0.1) is 6.92 Å². The Morgan fingerprint density at radius 2 is 1.70 bits per heavy atom. The fourth-order valence-electron chi connectivity index (χ4n) is 2.44. The summed E-state index contributed by atoms with van der Waals surface area (Å²) in [6.07, 6.45) is 0.140. The molecule has 0 bridgehead atoms. The van der Waals surface area contributed by atoms with Crippen LogP contribution in [0.1, 0.15) is 29.2 Å². The third-order valence-corrected chi connectivity index (χ3v) is 3.60. The van der Waals surface area contributed by atoms with Crippen molar-refractivity contribution in [2.24, 2.45) is 5.73 Å². The van der Waals surface area contributed by atoms with Crippen LogP contribution in [0.5, 0.6) is 0 Å². The van der Waals surface area contributed by atoms with Gasteiger partial charge in [-0.25, -0.2) is 4.79 Å². The van der Waals surface area contributed by atoms with Gasteiger partial charge >= 0.3 is 6.03 Å². The molecule has 23 heavy (non-hydrogen) atoms. The molecule has 0 heterocycles. The predicted molar refractivity (Wildman–Crippen MR) is 89.5 cm³/mol. The number of rotatable bonds is 6. The van der Waals surface area contributed by atoms with Crippen LogP contribution in [0.2, 0.25) is 0 Å². The van der Waals surface area contributed by atoms with Crippen LogP contribution >= 0.6 is 0 Å². The van der Waals surface area contributed by atoms with Crippen molar-refractivity contribution in [2.75, 3.05) is 0 Å². The first-order valence-corrected chi connectivity index (χ1v) is 7.48. The molecule has 120 valence electrons. The van der Waals surface area contributed by atoms with Gasteiger partial charge in [0.15, 0.2) is 0 Å². The standard InChI is InChI=1S/C18H21N3O2/c1-13-7-5-6-10-15(13)16(21-18(19)23)11-17(22)20-12-14-8-3-2-4-9-14/h2-10,16H,11-12H2,1H3,(H,20,22)(H3,19,21,23). The maximum atomic E-state index is 12.2. The van der Waals surface area contributed by atoms with Gasteiger partial charge in [0.1, 0.15) is 0 Å². The van der Waals surface area contributed by atoms with E-state index in [1.165, 1.54) is 0 Å². The predicted octanol–water partition coefficient (Wildman–Crippen LogP) is 2.41. The molecule has 5 nitrogen and oxygen atoms in total. The average molecular weight is 311 g/mol. The second-order valence-electron chi connectivity index (χ2n) is 5.38. The molecule has 5 heteroatoms. The molecule has 4 N–H and O–H groups in total. The quantitative estimate of drug-likeness (QED) is 0.765. The Kier molecular flexibility index (Phi) is 5.74. The van der Waals surface area contributed by atoms with Crippen molar-refractivity contribution in [3.05, 3.63) is 71.3 Å². The maximum absolute atomic E-state index is 12.2. The first-order valence-electron chi connectivity index (χ1n) is 7.48. The fraction of sp³-hybridized carbons (Fsp3) is 0.222. The molecule has 0 aliphatic carbocycles. The number of nitrogens with two attached hydrogens (primary N) is 1. The second kappa shape index (κ2) is 7.98. The Hall–Kier alpha value is -2.82. The van der Waals surface area contributed by atoms with Gasteiger partial charge in [-0.3, -0.25) is 4.79 Å². The number of aryl methyl sites for hydroxylation is 1. The molecule has 3 amide bonds. The fourth-order valence-corrected chi connectivity index (χ4v) is 2.44. The van der Waals surface area contributed by atoms with Crippen molar-refractivity contribution in [2.45, 2.75) is 25.9 Å². The number of benzene rings is 2. The summed E-state index contributed by atoms with van der Waals surface area (Å²) in [4.78, 5) is 23.4. The number of amides is 3. The zero-order chi connectivity index (χ0) is 16.7. The topological polar surface area (TPSA) is 84.2 Å². The zero-order valence-electron chi connectivity index (χ0n) is 13.1. The Labute approximate surface area is 135 Å². The van der Waals surface area contributed by atoms with Gasteiger partial charge in [-0.05, 0) is 23.6 Å². The van der Waals surface area contributed by atoms with E-state index in [4.69, 9.17) is 5.73 Å². The Bertz CT molecular complexity index is 671. The van der Waals surface area contributed by atoms with Gasteiger partial charge < -0.3 is 16.4 Å². The summed E-state index contributed by atoms with van der Waals surface area (Å²) in [5, 5.41) is 5.50. The summed E-state index contributed by atoms with van der Waals surface area (Å²) < 4.78 is 0. The number of primary amides is 1. The van der Waals surface area contributed by atoms with E-state index in [9.17, 15) is 9.59 Å². The average Bonchev–Trinajstić information content (AvgIpc) is 2.53. The van der Waals surface area contributed by atoms with Gasteiger partial charge in [0.25, 0.3) is 0 Å². The molecule has 0 saturated carbocycles. The van der Waals surface area contributed by atoms with Crippen molar-refractivity contribution in [1.82, 2.24) is 10.6 Å². The minimum atomic E-state index is -0.644. The van der Waals surface area contributed by atoms with E-state index in [1.807, 2.05) is 61.5 Å². The lowest BCUT2D eigenvalue weighted by atomic mass is 9.98. The molecular weight excluding hydrogens is 290 g/mol. The summed E-state index contributed by atoms with van der Waals surface area (Å²) in [6, 6.07) is 16.2. The highest BCUT2D eigenvalue weighted by molar-refractivity contribution is 5.78. The van der Waals surface area contributed by atoms with E-state index in [0.29, 0.717) is 6.54 Å². The van der Waals surface area contributed by atoms with Crippen LogP contribution in [0.15, 0.2) is 54.6 Å². The molecule has 2 rings (SSSR count). The molecule has 0 radical (unpaired) electrons. The van der Waals surface area contributed by atoms with Crippen LogP contribution in [0.25, 0.3) is 0 Å². The molecule has 0 aromatic heterocycles. The molecule has 0 aliphatic heterocycles.